The Morgan fingerprint density at radius 3 is 2.38 bits per heavy atom. The standard InChI is InChI=1S/C17H18ClN3/c18-15-9-7-14(8-10-15)16(13-5-2-1-3-6-13)21-17-19-11-4-12-20-17/h1-3,5-10,16H,4,11-12H2,(H2,19,20,21). The van der Waals surface area contributed by atoms with Crippen LogP contribution in [-0.4, -0.2) is 19.0 Å². The van der Waals surface area contributed by atoms with Gasteiger partial charge in [0.1, 0.15) is 0 Å². The van der Waals surface area contributed by atoms with Gasteiger partial charge in [0.05, 0.1) is 6.04 Å². The molecule has 0 spiro atoms. The lowest BCUT2D eigenvalue weighted by atomic mass is 9.99. The van der Waals surface area contributed by atoms with Crippen LogP contribution in [0.15, 0.2) is 59.6 Å². The summed E-state index contributed by atoms with van der Waals surface area (Å²) >= 11 is 6.00. The number of aliphatic imine (C=N–C) groups is 1. The van der Waals surface area contributed by atoms with E-state index in [1.165, 1.54) is 11.1 Å². The highest BCUT2D eigenvalue weighted by Gasteiger charge is 2.16. The Balaban J connectivity index is 1.90. The Kier molecular flexibility index (Phi) is 4.41. The molecule has 2 N–H and O–H groups in total. The van der Waals surface area contributed by atoms with Crippen molar-refractivity contribution in [2.75, 3.05) is 13.1 Å². The Labute approximate surface area is 130 Å². The SMILES string of the molecule is Clc1ccc(C(NC2=NCCCN2)c2ccccc2)cc1. The van der Waals surface area contributed by atoms with Crippen molar-refractivity contribution in [3.63, 3.8) is 0 Å². The Morgan fingerprint density at radius 2 is 1.71 bits per heavy atom. The third-order valence-electron chi connectivity index (χ3n) is 3.51. The maximum absolute atomic E-state index is 6.00. The molecule has 3 nitrogen and oxygen atoms in total. The van der Waals surface area contributed by atoms with Crippen molar-refractivity contribution >= 4 is 17.6 Å². The van der Waals surface area contributed by atoms with Crippen LogP contribution < -0.4 is 10.6 Å². The molecule has 1 atom stereocenters. The van der Waals surface area contributed by atoms with Crippen molar-refractivity contribution in [3.05, 3.63) is 70.7 Å². The maximum Gasteiger partial charge on any atom is 0.192 e. The van der Waals surface area contributed by atoms with Crippen molar-refractivity contribution in [2.45, 2.75) is 12.5 Å². The highest BCUT2D eigenvalue weighted by atomic mass is 35.5. The predicted octanol–water partition coefficient (Wildman–Crippen LogP) is 3.37. The van der Waals surface area contributed by atoms with Crippen LogP contribution in [-0.2, 0) is 0 Å². The summed E-state index contributed by atoms with van der Waals surface area (Å²) in [5.41, 5.74) is 2.37. The maximum atomic E-state index is 6.00. The van der Waals surface area contributed by atoms with Crippen LogP contribution in [0.3, 0.4) is 0 Å². The molecular weight excluding hydrogens is 282 g/mol. The van der Waals surface area contributed by atoms with Crippen LogP contribution in [0, 0.1) is 0 Å². The van der Waals surface area contributed by atoms with E-state index in [2.05, 4.69) is 52.0 Å². The molecule has 3 rings (SSSR count). The number of hydrogen-bond acceptors (Lipinski definition) is 3. The minimum atomic E-state index is 0.0628. The van der Waals surface area contributed by atoms with Crippen molar-refractivity contribution in [2.24, 2.45) is 4.99 Å². The molecule has 1 aliphatic rings. The molecular formula is C17H18ClN3. The van der Waals surface area contributed by atoms with Crippen molar-refractivity contribution < 1.29 is 0 Å². The first-order chi connectivity index (χ1) is 10.3. The van der Waals surface area contributed by atoms with Crippen LogP contribution in [0.5, 0.6) is 0 Å². The molecule has 0 aromatic heterocycles. The molecule has 21 heavy (non-hydrogen) atoms. The molecule has 2 aromatic rings. The zero-order valence-electron chi connectivity index (χ0n) is 11.7. The second-order valence-corrected chi connectivity index (χ2v) is 5.49. The predicted molar refractivity (Wildman–Crippen MR) is 87.8 cm³/mol. The first-order valence-electron chi connectivity index (χ1n) is 7.18. The highest BCUT2D eigenvalue weighted by molar-refractivity contribution is 6.30. The van der Waals surface area contributed by atoms with Gasteiger partial charge in [-0.05, 0) is 29.7 Å². The van der Waals surface area contributed by atoms with Crippen LogP contribution in [0.2, 0.25) is 5.02 Å². The first-order valence-corrected chi connectivity index (χ1v) is 7.56. The number of nitrogens with zero attached hydrogens (tertiary/aromatic N) is 1. The van der Waals surface area contributed by atoms with Gasteiger partial charge >= 0.3 is 0 Å². The summed E-state index contributed by atoms with van der Waals surface area (Å²) in [6, 6.07) is 18.4. The largest absolute Gasteiger partial charge is 0.356 e. The molecule has 1 aliphatic heterocycles. The van der Waals surface area contributed by atoms with Crippen LogP contribution in [0.1, 0.15) is 23.6 Å². The van der Waals surface area contributed by atoms with E-state index in [1.807, 2.05) is 18.2 Å². The van der Waals surface area contributed by atoms with E-state index in [0.29, 0.717) is 0 Å². The minimum Gasteiger partial charge on any atom is -0.356 e. The van der Waals surface area contributed by atoms with E-state index >= 15 is 0 Å². The zero-order valence-corrected chi connectivity index (χ0v) is 12.5. The molecule has 0 aliphatic carbocycles. The van der Waals surface area contributed by atoms with Gasteiger partial charge in [-0.1, -0.05) is 54.1 Å². The first kappa shape index (κ1) is 14.0. The lowest BCUT2D eigenvalue weighted by Crippen LogP contribution is -2.42. The van der Waals surface area contributed by atoms with Crippen LogP contribution in [0.25, 0.3) is 0 Å². The molecule has 0 radical (unpaired) electrons. The third-order valence-corrected chi connectivity index (χ3v) is 3.77. The third kappa shape index (κ3) is 3.56. The molecule has 108 valence electrons. The van der Waals surface area contributed by atoms with Crippen LogP contribution in [0.4, 0.5) is 0 Å². The number of nitrogens with one attached hydrogen (secondary N) is 2. The van der Waals surface area contributed by atoms with Gasteiger partial charge in [-0.2, -0.15) is 0 Å². The second-order valence-electron chi connectivity index (χ2n) is 5.05. The molecule has 0 bridgehead atoms. The summed E-state index contributed by atoms with van der Waals surface area (Å²) in [6.45, 7) is 1.84. The van der Waals surface area contributed by atoms with Gasteiger partial charge in [0, 0.05) is 18.1 Å². The molecule has 0 saturated carbocycles. The quantitative estimate of drug-likeness (QED) is 0.911. The van der Waals surface area contributed by atoms with E-state index in [9.17, 15) is 0 Å². The summed E-state index contributed by atoms with van der Waals surface area (Å²) in [5.74, 6) is 0.866. The molecule has 2 aromatic carbocycles. The van der Waals surface area contributed by atoms with Gasteiger partial charge in [0.25, 0.3) is 0 Å². The van der Waals surface area contributed by atoms with E-state index in [1.54, 1.807) is 0 Å². The number of hydrogen-bond donors (Lipinski definition) is 2. The fourth-order valence-electron chi connectivity index (χ4n) is 2.43. The summed E-state index contributed by atoms with van der Waals surface area (Å²) < 4.78 is 0. The number of halogens is 1. The smallest absolute Gasteiger partial charge is 0.192 e. The molecule has 1 heterocycles. The summed E-state index contributed by atoms with van der Waals surface area (Å²) in [5, 5.41) is 7.57. The Hall–Kier alpha value is -2.00. The lowest BCUT2D eigenvalue weighted by Gasteiger charge is -2.24. The normalized spacial score (nSPS) is 15.8. The molecule has 0 saturated heterocycles. The van der Waals surface area contributed by atoms with Gasteiger partial charge in [-0.25, -0.2) is 0 Å². The molecule has 0 amide bonds. The summed E-state index contributed by atoms with van der Waals surface area (Å²) in [6.07, 6.45) is 1.09. The Morgan fingerprint density at radius 1 is 1.00 bits per heavy atom. The van der Waals surface area contributed by atoms with E-state index in [0.717, 1.165) is 30.5 Å². The lowest BCUT2D eigenvalue weighted by molar-refractivity contribution is 0.668. The van der Waals surface area contributed by atoms with Crippen molar-refractivity contribution in [3.8, 4) is 0 Å². The average molecular weight is 300 g/mol. The molecule has 0 fully saturated rings. The molecule has 1 unspecified atom stereocenters. The van der Waals surface area contributed by atoms with Gasteiger partial charge < -0.3 is 10.6 Å². The fourth-order valence-corrected chi connectivity index (χ4v) is 2.55. The minimum absolute atomic E-state index is 0.0628. The van der Waals surface area contributed by atoms with E-state index < -0.39 is 0 Å². The zero-order chi connectivity index (χ0) is 14.5. The monoisotopic (exact) mass is 299 g/mol. The number of guanidine groups is 1. The average Bonchev–Trinajstić information content (AvgIpc) is 2.55. The summed E-state index contributed by atoms with van der Waals surface area (Å²) in [7, 11) is 0. The van der Waals surface area contributed by atoms with Crippen molar-refractivity contribution in [1.82, 2.24) is 10.6 Å². The van der Waals surface area contributed by atoms with Gasteiger partial charge in [-0.3, -0.25) is 4.99 Å². The number of benzene rings is 2. The van der Waals surface area contributed by atoms with E-state index in [4.69, 9.17) is 11.6 Å². The van der Waals surface area contributed by atoms with Crippen LogP contribution >= 0.6 is 11.6 Å². The topological polar surface area (TPSA) is 36.4 Å². The van der Waals surface area contributed by atoms with Gasteiger partial charge in [0.15, 0.2) is 5.96 Å². The van der Waals surface area contributed by atoms with Gasteiger partial charge in [-0.15, -0.1) is 0 Å². The van der Waals surface area contributed by atoms with E-state index in [-0.39, 0.29) is 6.04 Å². The summed E-state index contributed by atoms with van der Waals surface area (Å²) in [4.78, 5) is 4.51. The number of rotatable bonds is 3. The fraction of sp³-hybridized carbons (Fsp3) is 0.235. The Bertz CT molecular complexity index is 608. The highest BCUT2D eigenvalue weighted by Crippen LogP contribution is 2.23. The second kappa shape index (κ2) is 6.64. The van der Waals surface area contributed by atoms with Gasteiger partial charge in [0.2, 0.25) is 0 Å². The van der Waals surface area contributed by atoms with Crippen molar-refractivity contribution in [1.29, 1.82) is 0 Å². The molecule has 4 heteroatoms.